The number of aromatic nitrogens is 6. The molecule has 0 saturated carbocycles. The predicted molar refractivity (Wildman–Crippen MR) is 445 cm³/mol. The molecule has 12 aromatic carbocycles. The minimum Gasteiger partial charge on any atom is -0.507 e. The van der Waals surface area contributed by atoms with Gasteiger partial charge in [0.2, 0.25) is 11.8 Å². The minimum absolute atomic E-state index is 0.00399. The zero-order chi connectivity index (χ0) is 84.3. The molecule has 10 heterocycles. The summed E-state index contributed by atoms with van der Waals surface area (Å²) in [5, 5.41) is 21.4. The maximum absolute atomic E-state index is 13.9. The second-order valence-corrected chi connectivity index (χ2v) is 29.5. The average Bonchev–Trinajstić information content (AvgIpc) is 1.59. The van der Waals surface area contributed by atoms with Crippen LogP contribution in [0.3, 0.4) is 0 Å². The Morgan fingerprint density at radius 1 is 0.279 bits per heavy atom. The fourth-order valence-corrected chi connectivity index (χ4v) is 16.4. The summed E-state index contributed by atoms with van der Waals surface area (Å²) in [4.78, 5) is 228. The number of benzene rings is 12. The predicted octanol–water partition coefficient (Wildman–Crippen LogP) is 10.7. The molecule has 6 aromatic heterocycles. The Hall–Kier alpha value is -17.7. The van der Waals surface area contributed by atoms with Gasteiger partial charge in [0, 0.05) is 7.05 Å². The normalized spacial score (nSPS) is 13.7. The molecule has 0 spiro atoms. The Morgan fingerprint density at radius 3 is 1.03 bits per heavy atom. The van der Waals surface area contributed by atoms with Crippen LogP contribution in [-0.4, -0.2) is 86.1 Å². The molecule has 4 aliphatic heterocycles. The number of nitrogens with zero attached hydrogens (tertiary/aromatic N) is 9. The van der Waals surface area contributed by atoms with Crippen LogP contribution in [0.2, 0.25) is 0 Å². The van der Waals surface area contributed by atoms with Gasteiger partial charge in [-0.1, -0.05) is 48.5 Å². The van der Waals surface area contributed by atoms with Crippen molar-refractivity contribution in [3.63, 3.8) is 0 Å². The summed E-state index contributed by atoms with van der Waals surface area (Å²) in [7, 11) is 1.31. The molecule has 584 valence electrons. The topological polar surface area (TPSA) is 409 Å². The zero-order valence-corrected chi connectivity index (χ0v) is 62.6. The molecule has 122 heavy (non-hydrogen) atoms. The monoisotopic (exact) mass is 1610 g/mol. The smallest absolute Gasteiger partial charge is 0.266 e. The summed E-state index contributed by atoms with van der Waals surface area (Å²) in [6.45, 7) is 1.91. The number of aryl methyl sites for hydroxylation is 1. The van der Waals surface area contributed by atoms with Gasteiger partial charge < -0.3 is 19.0 Å². The van der Waals surface area contributed by atoms with Crippen molar-refractivity contribution in [3.8, 4) is 68.0 Å². The van der Waals surface area contributed by atoms with E-state index < -0.39 is 91.7 Å². The second-order valence-electron chi connectivity index (χ2n) is 29.5. The molecular weight excluding hydrogens is 1570 g/mol. The van der Waals surface area contributed by atoms with Crippen molar-refractivity contribution in [1.82, 2.24) is 28.7 Å². The molecule has 3 N–H and O–H groups in total. The summed E-state index contributed by atoms with van der Waals surface area (Å²) in [5.74, 6) is -4.98. The number of para-hydroxylation sites is 1. The van der Waals surface area contributed by atoms with E-state index in [4.69, 9.17) is 8.83 Å². The largest absolute Gasteiger partial charge is 0.507 e. The van der Waals surface area contributed by atoms with Crippen molar-refractivity contribution in [2.24, 2.45) is 7.05 Å². The lowest BCUT2D eigenvalue weighted by Crippen LogP contribution is -2.29. The standard InChI is InChI=1S/2C46H23N5O10/c1-20-2-13-37-35(14-20)47-40(61-37)34-17-25(9-12-36(34)52)51-42(56)27-11-4-22(16-31(27)44(51)58)21-3-10-26-30(15-21)43(57)49(41(26)55)23-5-7-24(8-6-23)50-45(59)32-18-28-29(19-33(32)46(50)60)39(54)48-38(28)53;1-48-39(53)30-19-32-33(20-31(30)40(48)54)46(60)50(45(32)59)24-9-13-36(52)34(17-24)38-47-35-18-25(10-14-37(35)61-38)51-42(56)27-12-8-22(16-29(27)44(51)58)21-7-11-26-28(15-21)43(57)49(41(26)55)23-5-3-2-4-6-23/h2-19,52H,1H3,(H,48,53,54);2-20,52H,1H3. The van der Waals surface area contributed by atoms with Crippen LogP contribution < -0.4 is 64.1 Å². The van der Waals surface area contributed by atoms with E-state index in [-0.39, 0.29) is 162 Å². The van der Waals surface area contributed by atoms with Gasteiger partial charge in [-0.3, -0.25) is 86.3 Å². The maximum Gasteiger partial charge on any atom is 0.266 e. The van der Waals surface area contributed by atoms with Crippen LogP contribution in [0.5, 0.6) is 11.5 Å². The number of hydrogen-bond acceptors (Lipinski definition) is 22. The number of oxazole rings is 2. The molecule has 0 aliphatic carbocycles. The lowest BCUT2D eigenvalue weighted by Gasteiger charge is -2.15. The maximum atomic E-state index is 13.9. The molecule has 22 rings (SSSR count). The number of amides is 8. The highest BCUT2D eigenvalue weighted by atomic mass is 16.4. The molecule has 0 fully saturated rings. The van der Waals surface area contributed by atoms with Crippen molar-refractivity contribution < 1.29 is 57.4 Å². The fraction of sp³-hybridized carbons (Fsp3) is 0.0217. The van der Waals surface area contributed by atoms with Gasteiger partial charge in [-0.25, -0.2) is 38.7 Å². The third-order valence-electron chi connectivity index (χ3n) is 22.5. The van der Waals surface area contributed by atoms with Gasteiger partial charge in [0.15, 0.2) is 11.2 Å². The number of rotatable bonds is 10. The Bertz CT molecular complexity index is 8340. The van der Waals surface area contributed by atoms with Crippen LogP contribution in [0.25, 0.3) is 122 Å². The van der Waals surface area contributed by atoms with Gasteiger partial charge in [0.1, 0.15) is 22.5 Å². The Labute approximate surface area is 676 Å². The van der Waals surface area contributed by atoms with Crippen LogP contribution in [0.1, 0.15) is 88.4 Å². The molecule has 4 aliphatic rings. The van der Waals surface area contributed by atoms with Crippen molar-refractivity contribution in [2.75, 3.05) is 19.6 Å². The number of hydrogen-bond donors (Lipinski definition) is 3. The van der Waals surface area contributed by atoms with E-state index in [0.717, 1.165) is 38.9 Å². The summed E-state index contributed by atoms with van der Waals surface area (Å²) in [6.07, 6.45) is 0. The third-order valence-corrected chi connectivity index (χ3v) is 22.5. The van der Waals surface area contributed by atoms with Gasteiger partial charge in [-0.2, -0.15) is 0 Å². The number of imide groups is 4. The number of H-pyrrole nitrogens is 1. The summed E-state index contributed by atoms with van der Waals surface area (Å²) >= 11 is 0. The van der Waals surface area contributed by atoms with Gasteiger partial charge in [-0.15, -0.1) is 0 Å². The van der Waals surface area contributed by atoms with E-state index in [9.17, 15) is 86.9 Å². The number of aromatic hydroxyl groups is 2. The fourth-order valence-electron chi connectivity index (χ4n) is 16.4. The number of carbonyl (C=O) groups excluding carboxylic acids is 8. The summed E-state index contributed by atoms with van der Waals surface area (Å²) < 4.78 is 14.5. The first-order valence-corrected chi connectivity index (χ1v) is 37.3. The molecule has 0 atom stereocenters. The minimum atomic E-state index is -0.737. The van der Waals surface area contributed by atoms with E-state index in [2.05, 4.69) is 15.0 Å². The van der Waals surface area contributed by atoms with Crippen LogP contribution in [0, 0.1) is 6.92 Å². The lowest BCUT2D eigenvalue weighted by atomic mass is 9.97. The Kier molecular flexibility index (Phi) is 15.3. The molecule has 0 radical (unpaired) electrons. The molecule has 30 heteroatoms. The highest BCUT2D eigenvalue weighted by molar-refractivity contribution is 6.38. The number of anilines is 4. The van der Waals surface area contributed by atoms with Crippen LogP contribution in [0.4, 0.5) is 22.7 Å². The van der Waals surface area contributed by atoms with E-state index in [0.29, 0.717) is 39.0 Å². The number of phenolic OH excluding ortho intramolecular Hbond substituents is 2. The molecule has 18 aromatic rings. The van der Waals surface area contributed by atoms with Crippen LogP contribution in [-0.2, 0) is 7.05 Å². The van der Waals surface area contributed by atoms with Gasteiger partial charge in [0.25, 0.3) is 91.7 Å². The number of nitrogens with one attached hydrogen (secondary N) is 1. The molecule has 30 nitrogen and oxygen atoms in total. The van der Waals surface area contributed by atoms with Crippen molar-refractivity contribution >= 4 is 135 Å². The van der Waals surface area contributed by atoms with E-state index in [1.807, 2.05) is 19.1 Å². The van der Waals surface area contributed by atoms with E-state index in [1.54, 1.807) is 84.9 Å². The van der Waals surface area contributed by atoms with Crippen molar-refractivity contribution in [1.29, 1.82) is 0 Å². The van der Waals surface area contributed by atoms with Crippen LogP contribution >= 0.6 is 0 Å². The van der Waals surface area contributed by atoms with Crippen molar-refractivity contribution in [2.45, 2.75) is 6.92 Å². The molecular formula is C92H46N10O20. The summed E-state index contributed by atoms with van der Waals surface area (Å²) in [5.41, 5.74) is 1.79. The molecule has 8 amide bonds. The number of phenols is 2. The zero-order valence-electron chi connectivity index (χ0n) is 62.6. The Balaban J connectivity index is 0.000000150. The first kappa shape index (κ1) is 72.0. The first-order valence-electron chi connectivity index (χ1n) is 37.3. The van der Waals surface area contributed by atoms with Gasteiger partial charge in [0.05, 0.1) is 133 Å². The highest BCUT2D eigenvalue weighted by Crippen LogP contribution is 2.43. The van der Waals surface area contributed by atoms with E-state index >= 15 is 0 Å². The number of carbonyl (C=O) groups is 8. The molecule has 0 unspecified atom stereocenters. The van der Waals surface area contributed by atoms with E-state index in [1.165, 1.54) is 134 Å². The van der Waals surface area contributed by atoms with Crippen molar-refractivity contribution in [3.05, 3.63) is 357 Å². The molecule has 0 bridgehead atoms. The summed E-state index contributed by atoms with van der Waals surface area (Å²) in [6, 6.07) is 56.2. The van der Waals surface area contributed by atoms with Gasteiger partial charge >= 0.3 is 0 Å². The first-order chi connectivity index (χ1) is 58.7. The number of fused-ring (bicyclic) bond motifs is 10. The van der Waals surface area contributed by atoms with Gasteiger partial charge in [-0.05, 0) is 211 Å². The number of aromatic amines is 1. The Morgan fingerprint density at radius 2 is 0.598 bits per heavy atom. The van der Waals surface area contributed by atoms with Crippen LogP contribution in [0.15, 0.2) is 272 Å². The quantitative estimate of drug-likeness (QED) is 0.107. The highest BCUT2D eigenvalue weighted by Gasteiger charge is 2.42. The third kappa shape index (κ3) is 10.5. The SMILES string of the molecule is Cc1ccc2oc(-c3cc(N4C(=O)c5ccc(-c6ccc7c(c6)C(=O)N(c6ccc(-n8c(=O)c9cc%10c(=O)[nH]c(=O)c%10cc9c8=O)cc6)C7=O)cc5C4=O)ccc3O)nc2c1.Cn1c(=O)c2cc3c(=O)n(-c4ccc(O)c(-c5nc6cc(N7C(=O)c8ccc(-c9ccc%10c(c9)C(=O)N(c9ccccc9)C%10=O)cc8C7=O)ccc6o5)c4)c(=O)c3cc2c1=O. The average molecular weight is 1610 g/mol. The lowest BCUT2D eigenvalue weighted by molar-refractivity contribution is 0.0910. The second kappa shape index (κ2) is 25.9. The molecule has 0 saturated heterocycles.